The molecule has 3 nitrogen and oxygen atoms in total. The fourth-order valence-electron chi connectivity index (χ4n) is 2.65. The van der Waals surface area contributed by atoms with Gasteiger partial charge in [-0.15, -0.1) is 11.3 Å². The van der Waals surface area contributed by atoms with Crippen LogP contribution in [0.25, 0.3) is 22.0 Å². The van der Waals surface area contributed by atoms with Gasteiger partial charge in [-0.3, -0.25) is 10.1 Å². The molecule has 0 saturated carbocycles. The van der Waals surface area contributed by atoms with E-state index in [9.17, 15) is 4.79 Å². The zero-order valence-electron chi connectivity index (χ0n) is 13.4. The number of anilines is 1. The standard InChI is InChI=1S/C20H12Cl2N2OS/c21-15-7-8-17(22)16(10-15)18-11-26-20(23-18)24-19(25)14-6-5-12-3-1-2-4-13(12)9-14/h1-11H,(H,23,24,25). The fourth-order valence-corrected chi connectivity index (χ4v) is 3.74. The summed E-state index contributed by atoms with van der Waals surface area (Å²) in [6.07, 6.45) is 0. The molecule has 1 aromatic heterocycles. The third kappa shape index (κ3) is 3.44. The van der Waals surface area contributed by atoms with E-state index in [0.29, 0.717) is 26.4 Å². The van der Waals surface area contributed by atoms with Crippen molar-refractivity contribution in [3.63, 3.8) is 0 Å². The van der Waals surface area contributed by atoms with Crippen LogP contribution in [0, 0.1) is 0 Å². The molecule has 0 saturated heterocycles. The maximum absolute atomic E-state index is 12.5. The first-order valence-electron chi connectivity index (χ1n) is 7.81. The number of nitrogens with one attached hydrogen (secondary N) is 1. The van der Waals surface area contributed by atoms with E-state index in [1.165, 1.54) is 11.3 Å². The summed E-state index contributed by atoms with van der Waals surface area (Å²) in [6.45, 7) is 0. The van der Waals surface area contributed by atoms with E-state index in [0.717, 1.165) is 16.3 Å². The average molecular weight is 399 g/mol. The smallest absolute Gasteiger partial charge is 0.257 e. The number of amides is 1. The molecular formula is C20H12Cl2N2OS. The van der Waals surface area contributed by atoms with Gasteiger partial charge in [0.1, 0.15) is 0 Å². The molecule has 4 aromatic rings. The number of hydrogen-bond acceptors (Lipinski definition) is 3. The van der Waals surface area contributed by atoms with Gasteiger partial charge in [-0.25, -0.2) is 4.98 Å². The van der Waals surface area contributed by atoms with Gasteiger partial charge in [-0.05, 0) is 41.1 Å². The number of benzene rings is 3. The molecule has 4 rings (SSSR count). The molecule has 6 heteroatoms. The van der Waals surface area contributed by atoms with Gasteiger partial charge in [0.25, 0.3) is 5.91 Å². The summed E-state index contributed by atoms with van der Waals surface area (Å²) in [5.74, 6) is -0.200. The Balaban J connectivity index is 1.58. The van der Waals surface area contributed by atoms with Crippen LogP contribution in [0.3, 0.4) is 0 Å². The molecule has 26 heavy (non-hydrogen) atoms. The largest absolute Gasteiger partial charge is 0.298 e. The molecular weight excluding hydrogens is 387 g/mol. The Hall–Kier alpha value is -2.40. The van der Waals surface area contributed by atoms with Crippen LogP contribution < -0.4 is 5.32 Å². The highest BCUT2D eigenvalue weighted by Gasteiger charge is 2.12. The van der Waals surface area contributed by atoms with E-state index in [1.54, 1.807) is 24.3 Å². The highest BCUT2D eigenvalue weighted by Crippen LogP contribution is 2.32. The zero-order valence-corrected chi connectivity index (χ0v) is 15.7. The predicted octanol–water partition coefficient (Wildman–Crippen LogP) is 6.52. The van der Waals surface area contributed by atoms with E-state index in [2.05, 4.69) is 10.3 Å². The van der Waals surface area contributed by atoms with E-state index < -0.39 is 0 Å². The first-order valence-corrected chi connectivity index (χ1v) is 9.45. The minimum atomic E-state index is -0.200. The maximum Gasteiger partial charge on any atom is 0.257 e. The van der Waals surface area contributed by atoms with Crippen molar-refractivity contribution in [2.75, 3.05) is 5.32 Å². The van der Waals surface area contributed by atoms with Gasteiger partial charge in [-0.1, -0.05) is 53.5 Å². The van der Waals surface area contributed by atoms with Crippen molar-refractivity contribution in [2.45, 2.75) is 0 Å². The lowest BCUT2D eigenvalue weighted by atomic mass is 10.1. The highest BCUT2D eigenvalue weighted by molar-refractivity contribution is 7.14. The van der Waals surface area contributed by atoms with Gasteiger partial charge in [0, 0.05) is 21.5 Å². The quantitative estimate of drug-likeness (QED) is 0.426. The number of hydrogen-bond donors (Lipinski definition) is 1. The second-order valence-electron chi connectivity index (χ2n) is 5.68. The normalized spacial score (nSPS) is 10.8. The van der Waals surface area contributed by atoms with Crippen LogP contribution in [0.15, 0.2) is 66.0 Å². The van der Waals surface area contributed by atoms with Gasteiger partial charge < -0.3 is 0 Å². The van der Waals surface area contributed by atoms with E-state index >= 15 is 0 Å². The van der Waals surface area contributed by atoms with Crippen LogP contribution in [0.4, 0.5) is 5.13 Å². The molecule has 128 valence electrons. The van der Waals surface area contributed by atoms with E-state index in [-0.39, 0.29) is 5.91 Å². The first-order chi connectivity index (χ1) is 12.6. The topological polar surface area (TPSA) is 42.0 Å². The van der Waals surface area contributed by atoms with Gasteiger partial charge in [0.05, 0.1) is 10.7 Å². The molecule has 1 heterocycles. The summed E-state index contributed by atoms with van der Waals surface area (Å²) in [5, 5.41) is 8.45. The Labute approximate surface area is 164 Å². The summed E-state index contributed by atoms with van der Waals surface area (Å²) in [6, 6.07) is 18.7. The van der Waals surface area contributed by atoms with Crippen molar-refractivity contribution in [3.8, 4) is 11.3 Å². The number of halogens is 2. The summed E-state index contributed by atoms with van der Waals surface area (Å²) in [5.41, 5.74) is 2.00. The average Bonchev–Trinajstić information content (AvgIpc) is 3.11. The van der Waals surface area contributed by atoms with Crippen molar-refractivity contribution >= 4 is 56.3 Å². The number of carbonyl (C=O) groups is 1. The lowest BCUT2D eigenvalue weighted by Gasteiger charge is -2.04. The molecule has 0 fully saturated rings. The van der Waals surface area contributed by atoms with E-state index in [1.807, 2.05) is 41.8 Å². The zero-order chi connectivity index (χ0) is 18.1. The van der Waals surface area contributed by atoms with Crippen molar-refractivity contribution in [1.29, 1.82) is 0 Å². The van der Waals surface area contributed by atoms with Crippen LogP contribution in [0.1, 0.15) is 10.4 Å². The number of thiazole rings is 1. The number of rotatable bonds is 3. The molecule has 0 aliphatic carbocycles. The van der Waals surface area contributed by atoms with Crippen molar-refractivity contribution in [3.05, 3.63) is 81.7 Å². The minimum Gasteiger partial charge on any atom is -0.298 e. The third-order valence-electron chi connectivity index (χ3n) is 3.94. The van der Waals surface area contributed by atoms with E-state index in [4.69, 9.17) is 23.2 Å². The Kier molecular flexibility index (Phi) is 4.64. The summed E-state index contributed by atoms with van der Waals surface area (Å²) in [7, 11) is 0. The lowest BCUT2D eigenvalue weighted by molar-refractivity contribution is 0.102. The monoisotopic (exact) mass is 398 g/mol. The Bertz CT molecular complexity index is 1120. The van der Waals surface area contributed by atoms with Crippen LogP contribution >= 0.6 is 34.5 Å². The SMILES string of the molecule is O=C(Nc1nc(-c2cc(Cl)ccc2Cl)cs1)c1ccc2ccccc2c1. The second-order valence-corrected chi connectivity index (χ2v) is 7.38. The highest BCUT2D eigenvalue weighted by atomic mass is 35.5. The second kappa shape index (κ2) is 7.08. The fraction of sp³-hybridized carbons (Fsp3) is 0. The summed E-state index contributed by atoms with van der Waals surface area (Å²) >= 11 is 13.6. The molecule has 3 aromatic carbocycles. The number of aromatic nitrogens is 1. The summed E-state index contributed by atoms with van der Waals surface area (Å²) < 4.78 is 0. The molecule has 0 aliphatic rings. The number of carbonyl (C=O) groups excluding carboxylic acids is 1. The van der Waals surface area contributed by atoms with Gasteiger partial charge >= 0.3 is 0 Å². The Morgan fingerprint density at radius 1 is 0.962 bits per heavy atom. The van der Waals surface area contributed by atoms with Crippen LogP contribution in [0.5, 0.6) is 0 Å². The third-order valence-corrected chi connectivity index (χ3v) is 5.26. The van der Waals surface area contributed by atoms with Gasteiger partial charge in [-0.2, -0.15) is 0 Å². The molecule has 0 spiro atoms. The molecule has 0 atom stereocenters. The van der Waals surface area contributed by atoms with Gasteiger partial charge in [0.2, 0.25) is 0 Å². The Morgan fingerprint density at radius 2 is 1.77 bits per heavy atom. The van der Waals surface area contributed by atoms with Crippen LogP contribution in [0.2, 0.25) is 10.0 Å². The molecule has 1 amide bonds. The van der Waals surface area contributed by atoms with Gasteiger partial charge in [0.15, 0.2) is 5.13 Å². The Morgan fingerprint density at radius 3 is 2.62 bits per heavy atom. The molecule has 0 aliphatic heterocycles. The predicted molar refractivity (Wildman–Crippen MR) is 109 cm³/mol. The van der Waals surface area contributed by atoms with Crippen molar-refractivity contribution in [2.24, 2.45) is 0 Å². The molecule has 1 N–H and O–H groups in total. The number of fused-ring (bicyclic) bond motifs is 1. The lowest BCUT2D eigenvalue weighted by Crippen LogP contribution is -2.11. The maximum atomic E-state index is 12.5. The van der Waals surface area contributed by atoms with Crippen LogP contribution in [-0.4, -0.2) is 10.9 Å². The van der Waals surface area contributed by atoms with Crippen molar-refractivity contribution < 1.29 is 4.79 Å². The first kappa shape index (κ1) is 17.0. The molecule has 0 bridgehead atoms. The molecule has 0 radical (unpaired) electrons. The summed E-state index contributed by atoms with van der Waals surface area (Å²) in [4.78, 5) is 17.0. The van der Waals surface area contributed by atoms with Crippen LogP contribution in [-0.2, 0) is 0 Å². The number of nitrogens with zero attached hydrogens (tertiary/aromatic N) is 1. The van der Waals surface area contributed by atoms with Crippen molar-refractivity contribution in [1.82, 2.24) is 4.98 Å². The molecule has 0 unspecified atom stereocenters. The minimum absolute atomic E-state index is 0.200.